The maximum Gasteiger partial charge on any atom is 0.244 e. The Morgan fingerprint density at radius 2 is 1.65 bits per heavy atom. The molecule has 0 saturated heterocycles. The Balaban J connectivity index is 2.44. The Labute approximate surface area is 211 Å². The van der Waals surface area contributed by atoms with E-state index < -0.39 is 34.1 Å². The lowest BCUT2D eigenvalue weighted by atomic mass is 10.1. The predicted octanol–water partition coefficient (Wildman–Crippen LogP) is 4.16. The van der Waals surface area contributed by atoms with Crippen molar-refractivity contribution in [2.24, 2.45) is 0 Å². The molecule has 0 aliphatic rings. The first-order valence-electron chi connectivity index (χ1n) is 11.0. The molecule has 7 nitrogen and oxygen atoms in total. The number of carbonyl (C=O) groups is 2. The molecule has 0 aromatic heterocycles. The number of sulfonamides is 1. The van der Waals surface area contributed by atoms with E-state index in [4.69, 9.17) is 0 Å². The summed E-state index contributed by atoms with van der Waals surface area (Å²) in [5, 5.41) is 2.91. The minimum atomic E-state index is -3.76. The van der Waals surface area contributed by atoms with E-state index in [1.54, 1.807) is 19.1 Å². The van der Waals surface area contributed by atoms with Gasteiger partial charge in [0.1, 0.15) is 12.6 Å². The van der Waals surface area contributed by atoms with Crippen molar-refractivity contribution in [3.63, 3.8) is 0 Å². The number of halogens is 1. The molecule has 0 bridgehead atoms. The van der Waals surface area contributed by atoms with Crippen LogP contribution in [0, 0.1) is 13.8 Å². The van der Waals surface area contributed by atoms with Crippen LogP contribution in [0.3, 0.4) is 0 Å². The van der Waals surface area contributed by atoms with Gasteiger partial charge in [0.05, 0.1) is 11.9 Å². The van der Waals surface area contributed by atoms with Gasteiger partial charge in [-0.1, -0.05) is 40.2 Å². The van der Waals surface area contributed by atoms with Gasteiger partial charge in [-0.15, -0.1) is 0 Å². The van der Waals surface area contributed by atoms with E-state index in [0.717, 1.165) is 31.7 Å². The number of hydrogen-bond acceptors (Lipinski definition) is 4. The topological polar surface area (TPSA) is 86.8 Å². The van der Waals surface area contributed by atoms with Crippen molar-refractivity contribution < 1.29 is 18.0 Å². The second kappa shape index (κ2) is 10.9. The third-order valence-electron chi connectivity index (χ3n) is 5.46. The molecule has 0 aliphatic heterocycles. The van der Waals surface area contributed by atoms with E-state index in [1.165, 1.54) is 4.90 Å². The first-order chi connectivity index (χ1) is 15.6. The molecule has 0 aliphatic carbocycles. The molecule has 0 spiro atoms. The molecule has 0 heterocycles. The largest absolute Gasteiger partial charge is 0.350 e. The second-order valence-electron chi connectivity index (χ2n) is 9.55. The van der Waals surface area contributed by atoms with Crippen LogP contribution in [0.1, 0.15) is 44.4 Å². The fourth-order valence-electron chi connectivity index (χ4n) is 3.44. The lowest BCUT2D eigenvalue weighted by Crippen LogP contribution is -2.54. The van der Waals surface area contributed by atoms with Crippen LogP contribution in [0.4, 0.5) is 5.69 Å². The highest BCUT2D eigenvalue weighted by Crippen LogP contribution is 2.25. The number of anilines is 1. The maximum absolute atomic E-state index is 13.6. The van der Waals surface area contributed by atoms with Crippen molar-refractivity contribution in [2.75, 3.05) is 17.1 Å². The molecular formula is C25H34BrN3O4S. The first-order valence-corrected chi connectivity index (χ1v) is 13.6. The molecule has 0 saturated carbocycles. The molecule has 9 heteroatoms. The molecular weight excluding hydrogens is 518 g/mol. The van der Waals surface area contributed by atoms with Gasteiger partial charge < -0.3 is 10.2 Å². The van der Waals surface area contributed by atoms with Gasteiger partial charge in [0, 0.05) is 16.6 Å². The molecule has 2 rings (SSSR count). The highest BCUT2D eigenvalue weighted by Gasteiger charge is 2.31. The zero-order valence-electron chi connectivity index (χ0n) is 20.8. The van der Waals surface area contributed by atoms with Crippen molar-refractivity contribution in [2.45, 2.75) is 59.7 Å². The van der Waals surface area contributed by atoms with Crippen LogP contribution in [0.25, 0.3) is 0 Å². The SMILES string of the molecule is Cc1cccc(N(CC(=O)N(Cc2ccc(Br)cc2)[C@@H](C)C(=O)NC(C)(C)C)S(C)(=O)=O)c1C. The van der Waals surface area contributed by atoms with Gasteiger partial charge in [-0.2, -0.15) is 0 Å². The van der Waals surface area contributed by atoms with Gasteiger partial charge in [0.25, 0.3) is 0 Å². The fourth-order valence-corrected chi connectivity index (χ4v) is 4.61. The number of amides is 2. The average Bonchev–Trinajstić information content (AvgIpc) is 2.71. The van der Waals surface area contributed by atoms with Crippen molar-refractivity contribution in [3.05, 3.63) is 63.6 Å². The summed E-state index contributed by atoms with van der Waals surface area (Å²) in [4.78, 5) is 28.0. The van der Waals surface area contributed by atoms with Gasteiger partial charge in [0.15, 0.2) is 0 Å². The van der Waals surface area contributed by atoms with Crippen LogP contribution in [0.2, 0.25) is 0 Å². The van der Waals surface area contributed by atoms with Crippen molar-refractivity contribution in [1.82, 2.24) is 10.2 Å². The van der Waals surface area contributed by atoms with Crippen molar-refractivity contribution >= 4 is 43.5 Å². The molecule has 2 amide bonds. The van der Waals surface area contributed by atoms with Crippen LogP contribution in [0.5, 0.6) is 0 Å². The summed E-state index contributed by atoms with van der Waals surface area (Å²) in [5.41, 5.74) is 2.49. The summed E-state index contributed by atoms with van der Waals surface area (Å²) in [5.74, 6) is -0.776. The van der Waals surface area contributed by atoms with E-state index >= 15 is 0 Å². The molecule has 2 aromatic rings. The summed E-state index contributed by atoms with van der Waals surface area (Å²) in [6.07, 6.45) is 1.08. The van der Waals surface area contributed by atoms with Crippen molar-refractivity contribution in [1.29, 1.82) is 0 Å². The number of rotatable bonds is 8. The molecule has 0 unspecified atom stereocenters. The van der Waals surface area contributed by atoms with Gasteiger partial charge in [-0.25, -0.2) is 8.42 Å². The van der Waals surface area contributed by atoms with E-state index in [-0.39, 0.29) is 12.5 Å². The predicted molar refractivity (Wildman–Crippen MR) is 140 cm³/mol. The van der Waals surface area contributed by atoms with Crippen molar-refractivity contribution in [3.8, 4) is 0 Å². The Morgan fingerprint density at radius 3 is 2.18 bits per heavy atom. The van der Waals surface area contributed by atoms with E-state index in [2.05, 4.69) is 21.2 Å². The smallest absolute Gasteiger partial charge is 0.244 e. The molecule has 1 N–H and O–H groups in total. The van der Waals surface area contributed by atoms with Gasteiger partial charge in [-0.3, -0.25) is 13.9 Å². The first kappa shape index (κ1) is 27.9. The minimum Gasteiger partial charge on any atom is -0.350 e. The lowest BCUT2D eigenvalue weighted by Gasteiger charge is -2.33. The summed E-state index contributed by atoms with van der Waals surface area (Å²) in [6.45, 7) is 10.7. The Kier molecular flexibility index (Phi) is 8.93. The molecule has 2 aromatic carbocycles. The number of benzene rings is 2. The number of nitrogens with one attached hydrogen (secondary N) is 1. The number of carbonyl (C=O) groups excluding carboxylic acids is 2. The molecule has 186 valence electrons. The summed E-state index contributed by atoms with van der Waals surface area (Å²) in [7, 11) is -3.76. The van der Waals surface area contributed by atoms with E-state index in [0.29, 0.717) is 5.69 Å². The van der Waals surface area contributed by atoms with Crippen LogP contribution in [0.15, 0.2) is 46.9 Å². The van der Waals surface area contributed by atoms with Crippen LogP contribution >= 0.6 is 15.9 Å². The quantitative estimate of drug-likeness (QED) is 0.533. The molecule has 1 atom stereocenters. The fraction of sp³-hybridized carbons (Fsp3) is 0.440. The van der Waals surface area contributed by atoms with Gasteiger partial charge in [-0.05, 0) is 76.4 Å². The standard InChI is InChI=1S/C25H34BrN3O4S/c1-17-9-8-10-22(18(17)2)29(34(7,32)33)16-23(30)28(15-20-11-13-21(26)14-12-20)19(3)24(31)27-25(4,5)6/h8-14,19H,15-16H2,1-7H3,(H,27,31)/t19-/m0/s1. The number of nitrogens with zero attached hydrogens (tertiary/aromatic N) is 2. The molecule has 0 radical (unpaired) electrons. The van der Waals surface area contributed by atoms with Gasteiger partial charge in [0.2, 0.25) is 21.8 Å². The zero-order valence-corrected chi connectivity index (χ0v) is 23.2. The normalized spacial score (nSPS) is 12.7. The number of aryl methyl sites for hydroxylation is 1. The third-order valence-corrected chi connectivity index (χ3v) is 7.11. The van der Waals surface area contributed by atoms with E-state index in [9.17, 15) is 18.0 Å². The summed E-state index contributed by atoms with van der Waals surface area (Å²) >= 11 is 3.40. The highest BCUT2D eigenvalue weighted by molar-refractivity contribution is 9.10. The molecule has 34 heavy (non-hydrogen) atoms. The third kappa shape index (κ3) is 7.56. The Morgan fingerprint density at radius 1 is 1.06 bits per heavy atom. The summed E-state index contributed by atoms with van der Waals surface area (Å²) < 4.78 is 27.4. The second-order valence-corrected chi connectivity index (χ2v) is 12.4. The van der Waals surface area contributed by atoms with Crippen LogP contribution in [-0.2, 0) is 26.2 Å². The molecule has 0 fully saturated rings. The van der Waals surface area contributed by atoms with Crippen LogP contribution in [-0.4, -0.2) is 49.5 Å². The zero-order chi connectivity index (χ0) is 25.8. The summed E-state index contributed by atoms with van der Waals surface area (Å²) in [6, 6.07) is 12.0. The highest BCUT2D eigenvalue weighted by atomic mass is 79.9. The Bertz CT molecular complexity index is 1140. The minimum absolute atomic E-state index is 0.162. The monoisotopic (exact) mass is 551 g/mol. The Hall–Kier alpha value is -2.39. The maximum atomic E-state index is 13.6. The van der Waals surface area contributed by atoms with E-state index in [1.807, 2.05) is 65.0 Å². The van der Waals surface area contributed by atoms with Crippen LogP contribution < -0.4 is 9.62 Å². The average molecular weight is 553 g/mol. The van der Waals surface area contributed by atoms with Gasteiger partial charge >= 0.3 is 0 Å². The number of hydrogen-bond donors (Lipinski definition) is 1. The lowest BCUT2D eigenvalue weighted by molar-refractivity contribution is -0.140.